The van der Waals surface area contributed by atoms with Crippen LogP contribution in [-0.4, -0.2) is 30.0 Å². The van der Waals surface area contributed by atoms with Crippen LogP contribution in [-0.2, 0) is 14.3 Å². The van der Waals surface area contributed by atoms with Crippen molar-refractivity contribution in [3.63, 3.8) is 0 Å². The van der Waals surface area contributed by atoms with E-state index in [0.29, 0.717) is 16.7 Å². The number of hydrogen-bond donors (Lipinski definition) is 0. The van der Waals surface area contributed by atoms with E-state index < -0.39 is 24.3 Å². The first-order valence-electron chi connectivity index (χ1n) is 8.13. The molecule has 0 radical (unpaired) electrons. The predicted octanol–water partition coefficient (Wildman–Crippen LogP) is 3.37. The van der Waals surface area contributed by atoms with E-state index in [2.05, 4.69) is 18.8 Å². The summed E-state index contributed by atoms with van der Waals surface area (Å²) < 4.78 is 10.3. The third kappa shape index (κ3) is 5.39. The summed E-state index contributed by atoms with van der Waals surface area (Å²) in [6, 6.07) is 9.33. The zero-order chi connectivity index (χ0) is 19.1. The van der Waals surface area contributed by atoms with E-state index in [0.717, 1.165) is 5.69 Å². The Bertz CT molecular complexity index is 806. The van der Waals surface area contributed by atoms with Crippen LogP contribution in [0.5, 0.6) is 5.75 Å². The number of rotatable bonds is 8. The lowest BCUT2D eigenvalue weighted by Crippen LogP contribution is -2.22. The molecule has 0 aliphatic heterocycles. The van der Waals surface area contributed by atoms with Crippen molar-refractivity contribution in [3.05, 3.63) is 45.9 Å². The highest BCUT2D eigenvalue weighted by Gasteiger charge is 2.24. The van der Waals surface area contributed by atoms with Crippen molar-refractivity contribution < 1.29 is 19.1 Å². The van der Waals surface area contributed by atoms with Crippen LogP contribution >= 0.6 is 11.3 Å². The Balaban J connectivity index is 1.80. The number of thiazole rings is 1. The Hall–Kier alpha value is -2.72. The van der Waals surface area contributed by atoms with Gasteiger partial charge in [0.2, 0.25) is 0 Å². The number of nitriles is 1. The number of esters is 1. The summed E-state index contributed by atoms with van der Waals surface area (Å²) in [5.41, 5.74) is 1.91. The second-order valence-corrected chi connectivity index (χ2v) is 6.92. The molecule has 1 heterocycles. The second-order valence-electron chi connectivity index (χ2n) is 6.03. The molecule has 0 aliphatic rings. The lowest BCUT2D eigenvalue weighted by atomic mass is 10.0. The minimum atomic E-state index is -1.02. The molecule has 7 heteroatoms. The predicted molar refractivity (Wildman–Crippen MR) is 97.2 cm³/mol. The summed E-state index contributed by atoms with van der Waals surface area (Å²) in [5.74, 6) is -1.23. The lowest BCUT2D eigenvalue weighted by Gasteiger charge is -2.09. The summed E-state index contributed by atoms with van der Waals surface area (Å²) in [6.07, 6.45) is 0. The molecule has 136 valence electrons. The van der Waals surface area contributed by atoms with Crippen LogP contribution in [0.3, 0.4) is 0 Å². The molecule has 1 aromatic heterocycles. The van der Waals surface area contributed by atoms with Crippen molar-refractivity contribution >= 4 is 23.1 Å². The van der Waals surface area contributed by atoms with E-state index in [1.807, 2.05) is 18.2 Å². The fourth-order valence-electron chi connectivity index (χ4n) is 2.14. The summed E-state index contributed by atoms with van der Waals surface area (Å²) in [5, 5.41) is 11.3. The van der Waals surface area contributed by atoms with Crippen LogP contribution in [0.1, 0.15) is 41.9 Å². The fourth-order valence-corrected chi connectivity index (χ4v) is 3.00. The maximum atomic E-state index is 12.1. The first kappa shape index (κ1) is 19.6. The number of carbonyl (C=O) groups is 2. The molecule has 2 aromatic rings. The van der Waals surface area contributed by atoms with Crippen LogP contribution < -0.4 is 4.74 Å². The van der Waals surface area contributed by atoms with Gasteiger partial charge in [-0.25, -0.2) is 9.78 Å². The van der Waals surface area contributed by atoms with Crippen LogP contribution in [0.25, 0.3) is 0 Å². The van der Waals surface area contributed by atoms with Gasteiger partial charge in [0, 0.05) is 11.1 Å². The highest BCUT2D eigenvalue weighted by Crippen LogP contribution is 2.21. The van der Waals surface area contributed by atoms with Crippen molar-refractivity contribution in [3.8, 4) is 11.8 Å². The molecule has 26 heavy (non-hydrogen) atoms. The van der Waals surface area contributed by atoms with Gasteiger partial charge in [-0.3, -0.25) is 4.79 Å². The molecule has 2 rings (SSSR count). The third-order valence-corrected chi connectivity index (χ3v) is 4.64. The van der Waals surface area contributed by atoms with E-state index in [9.17, 15) is 9.59 Å². The van der Waals surface area contributed by atoms with E-state index in [1.165, 1.54) is 16.9 Å². The van der Waals surface area contributed by atoms with Gasteiger partial charge >= 0.3 is 5.97 Å². The number of aryl methyl sites for hydroxylation is 1. The lowest BCUT2D eigenvalue weighted by molar-refractivity contribution is -0.150. The first-order valence-corrected chi connectivity index (χ1v) is 9.01. The summed E-state index contributed by atoms with van der Waals surface area (Å²) in [7, 11) is 0. The maximum absolute atomic E-state index is 12.1. The zero-order valence-corrected chi connectivity index (χ0v) is 15.7. The van der Waals surface area contributed by atoms with Crippen LogP contribution in [0, 0.1) is 18.3 Å². The highest BCUT2D eigenvalue weighted by molar-refractivity contribution is 7.09. The van der Waals surface area contributed by atoms with Crippen molar-refractivity contribution in [2.45, 2.75) is 32.6 Å². The van der Waals surface area contributed by atoms with Crippen LogP contribution in [0.4, 0.5) is 0 Å². The number of aromatic nitrogens is 1. The third-order valence-electron chi connectivity index (χ3n) is 3.61. The van der Waals surface area contributed by atoms with Crippen LogP contribution in [0.2, 0.25) is 0 Å². The normalized spacial score (nSPS) is 11.7. The molecule has 0 unspecified atom stereocenters. The molecule has 0 saturated heterocycles. The zero-order valence-electron chi connectivity index (χ0n) is 14.9. The van der Waals surface area contributed by atoms with Gasteiger partial charge < -0.3 is 9.47 Å². The Morgan fingerprint density at radius 3 is 2.46 bits per heavy atom. The molecule has 0 bridgehead atoms. The number of Topliss-reactive ketones (excluding diaryl/α,β-unsaturated/α-hetero) is 1. The van der Waals surface area contributed by atoms with Crippen molar-refractivity contribution in [1.29, 1.82) is 5.26 Å². The molecule has 0 N–H and O–H groups in total. The fraction of sp³-hybridized carbons (Fsp3) is 0.368. The van der Waals surface area contributed by atoms with E-state index in [1.54, 1.807) is 24.4 Å². The topological polar surface area (TPSA) is 89.3 Å². The van der Waals surface area contributed by atoms with Gasteiger partial charge in [-0.2, -0.15) is 5.26 Å². The number of ether oxygens (including phenoxy) is 2. The Kier molecular flexibility index (Phi) is 6.87. The first-order chi connectivity index (χ1) is 12.4. The number of carbonyl (C=O) groups excluding carboxylic acids is 2. The molecule has 0 amide bonds. The number of ketones is 1. The summed E-state index contributed by atoms with van der Waals surface area (Å²) >= 11 is 1.24. The van der Waals surface area contributed by atoms with Gasteiger partial charge in [-0.15, -0.1) is 11.3 Å². The average Bonchev–Trinajstić information content (AvgIpc) is 3.05. The molecule has 0 spiro atoms. The molecule has 0 saturated carbocycles. The molecular weight excluding hydrogens is 352 g/mol. The molecular formula is C19H20N2O4S. The minimum Gasteiger partial charge on any atom is -0.482 e. The van der Waals surface area contributed by atoms with Gasteiger partial charge in [0.1, 0.15) is 10.8 Å². The van der Waals surface area contributed by atoms with E-state index in [-0.39, 0.29) is 6.61 Å². The van der Waals surface area contributed by atoms with E-state index >= 15 is 0 Å². The van der Waals surface area contributed by atoms with Crippen molar-refractivity contribution in [2.24, 2.45) is 0 Å². The van der Waals surface area contributed by atoms with Gasteiger partial charge in [0.25, 0.3) is 0 Å². The summed E-state index contributed by atoms with van der Waals surface area (Å²) in [6.45, 7) is 5.18. The molecule has 0 aliphatic carbocycles. The van der Waals surface area contributed by atoms with Gasteiger partial charge in [0.05, 0.1) is 6.07 Å². The number of hydrogen-bond acceptors (Lipinski definition) is 7. The van der Waals surface area contributed by atoms with Gasteiger partial charge in [-0.1, -0.05) is 26.0 Å². The molecule has 1 atom stereocenters. The molecule has 6 nitrogen and oxygen atoms in total. The number of benzene rings is 1. The van der Waals surface area contributed by atoms with Crippen LogP contribution in [0.15, 0.2) is 29.6 Å². The second kappa shape index (κ2) is 9.11. The standard InChI is InChI=1S/C19H20N2O4S/c1-12(2)14-4-6-15(7-5-14)24-10-18(23)25-9-17(22)16(8-20)19-21-13(3)11-26-19/h4-7,11-12,16H,9-10H2,1-3H3/t16-/m0/s1. The molecule has 0 fully saturated rings. The van der Waals surface area contributed by atoms with Crippen molar-refractivity contribution in [2.75, 3.05) is 13.2 Å². The monoisotopic (exact) mass is 372 g/mol. The SMILES string of the molecule is Cc1csc([C@@H](C#N)C(=O)COC(=O)COc2ccc(C(C)C)cc2)n1. The van der Waals surface area contributed by atoms with E-state index in [4.69, 9.17) is 14.7 Å². The Labute approximate surface area is 156 Å². The minimum absolute atomic E-state index is 0.304. The van der Waals surface area contributed by atoms with Crippen molar-refractivity contribution in [1.82, 2.24) is 4.98 Å². The molecule has 1 aromatic carbocycles. The quantitative estimate of drug-likeness (QED) is 0.660. The Morgan fingerprint density at radius 1 is 1.23 bits per heavy atom. The average molecular weight is 372 g/mol. The Morgan fingerprint density at radius 2 is 1.92 bits per heavy atom. The largest absolute Gasteiger partial charge is 0.482 e. The highest BCUT2D eigenvalue weighted by atomic mass is 32.1. The smallest absolute Gasteiger partial charge is 0.344 e. The van der Waals surface area contributed by atoms with Gasteiger partial charge in [0.15, 0.2) is 24.9 Å². The van der Waals surface area contributed by atoms with Gasteiger partial charge in [-0.05, 0) is 30.5 Å². The summed E-state index contributed by atoms with van der Waals surface area (Å²) in [4.78, 5) is 28.0. The number of nitrogens with zero attached hydrogens (tertiary/aromatic N) is 2. The maximum Gasteiger partial charge on any atom is 0.344 e.